The molecule has 4 aliphatic carbocycles. The van der Waals surface area contributed by atoms with Crippen LogP contribution in [0.4, 0.5) is 0 Å². The second-order valence-corrected chi connectivity index (χ2v) is 9.65. The molecular weight excluding hydrogens is 326 g/mol. The summed E-state index contributed by atoms with van der Waals surface area (Å²) in [4.78, 5) is 13.1. The first-order valence-electron chi connectivity index (χ1n) is 8.73. The Bertz CT molecular complexity index is 405. The average molecular weight is 356 g/mol. The quantitative estimate of drug-likeness (QED) is 0.721. The Labute approximate surface area is 138 Å². The van der Waals surface area contributed by atoms with Gasteiger partial charge in [-0.15, -0.1) is 0 Å². The van der Waals surface area contributed by atoms with Gasteiger partial charge in [-0.3, -0.25) is 4.79 Å². The maximum atomic E-state index is 13.1. The maximum Gasteiger partial charge on any atom is 0.226 e. The summed E-state index contributed by atoms with van der Waals surface area (Å²) in [5, 5.41) is 4.39. The van der Waals surface area contributed by atoms with Crippen LogP contribution in [-0.4, -0.2) is 17.3 Å². The second kappa shape index (κ2) is 5.54. The molecule has 2 nitrogen and oxygen atoms in total. The van der Waals surface area contributed by atoms with Crippen molar-refractivity contribution in [3.63, 3.8) is 0 Å². The topological polar surface area (TPSA) is 29.1 Å². The summed E-state index contributed by atoms with van der Waals surface area (Å²) < 4.78 is 0. The number of hydrogen-bond acceptors (Lipinski definition) is 1. The summed E-state index contributed by atoms with van der Waals surface area (Å²) in [5.41, 5.74) is 0.419. The molecule has 120 valence electrons. The van der Waals surface area contributed by atoms with Crippen LogP contribution in [0.15, 0.2) is 0 Å². The van der Waals surface area contributed by atoms with Gasteiger partial charge >= 0.3 is 0 Å². The lowest BCUT2D eigenvalue weighted by atomic mass is 9.44. The van der Waals surface area contributed by atoms with Crippen LogP contribution in [0.2, 0.25) is 0 Å². The molecule has 4 saturated carbocycles. The number of carbonyl (C=O) groups excluding carboxylic acids is 1. The molecule has 0 aromatic heterocycles. The summed E-state index contributed by atoms with van der Waals surface area (Å²) in [6.45, 7) is 6.87. The molecule has 0 aromatic rings. The van der Waals surface area contributed by atoms with Crippen molar-refractivity contribution in [2.45, 2.75) is 71.8 Å². The molecule has 4 rings (SSSR count). The Morgan fingerprint density at radius 1 is 1.24 bits per heavy atom. The van der Waals surface area contributed by atoms with Gasteiger partial charge in [-0.1, -0.05) is 36.7 Å². The lowest BCUT2D eigenvalue weighted by Gasteiger charge is -2.60. The number of hydrogen-bond donors (Lipinski definition) is 1. The molecule has 4 fully saturated rings. The van der Waals surface area contributed by atoms with Gasteiger partial charge in [0.1, 0.15) is 0 Å². The Balaban J connectivity index is 1.75. The molecule has 4 aliphatic rings. The zero-order valence-electron chi connectivity index (χ0n) is 13.8. The first-order valence-corrected chi connectivity index (χ1v) is 9.85. The van der Waals surface area contributed by atoms with E-state index in [2.05, 4.69) is 42.0 Å². The average Bonchev–Trinajstić information content (AvgIpc) is 2.34. The van der Waals surface area contributed by atoms with Crippen molar-refractivity contribution >= 4 is 21.8 Å². The summed E-state index contributed by atoms with van der Waals surface area (Å²) in [5.74, 6) is 2.52. The zero-order chi connectivity index (χ0) is 15.3. The van der Waals surface area contributed by atoms with E-state index in [9.17, 15) is 4.79 Å². The van der Waals surface area contributed by atoms with Gasteiger partial charge in [0.15, 0.2) is 0 Å². The summed E-state index contributed by atoms with van der Waals surface area (Å²) in [6, 6.07) is 0.317. The van der Waals surface area contributed by atoms with Gasteiger partial charge in [0, 0.05) is 11.4 Å². The largest absolute Gasteiger partial charge is 0.353 e. The number of amides is 1. The normalized spacial score (nSPS) is 42.3. The van der Waals surface area contributed by atoms with Crippen LogP contribution in [0.25, 0.3) is 0 Å². The van der Waals surface area contributed by atoms with Crippen molar-refractivity contribution < 1.29 is 4.79 Å². The standard InChI is InChI=1S/C18H30BrNO/c1-12(2)15(4-5-19)20-16(21)18-9-13-6-14(10-18)8-17(3,7-13)11-18/h12-15H,4-11H2,1-3H3,(H,20,21). The van der Waals surface area contributed by atoms with Crippen LogP contribution in [-0.2, 0) is 4.79 Å². The van der Waals surface area contributed by atoms with Crippen molar-refractivity contribution in [1.29, 1.82) is 0 Å². The fourth-order valence-electron chi connectivity index (χ4n) is 6.00. The Morgan fingerprint density at radius 3 is 2.33 bits per heavy atom. The molecule has 0 aromatic carbocycles. The zero-order valence-corrected chi connectivity index (χ0v) is 15.3. The second-order valence-electron chi connectivity index (χ2n) is 8.85. The number of nitrogens with one attached hydrogen (secondary N) is 1. The van der Waals surface area contributed by atoms with Crippen LogP contribution in [0, 0.1) is 28.6 Å². The van der Waals surface area contributed by atoms with Gasteiger partial charge in [-0.2, -0.15) is 0 Å². The highest BCUT2D eigenvalue weighted by Gasteiger charge is 2.58. The minimum atomic E-state index is -0.0295. The lowest BCUT2D eigenvalue weighted by Crippen LogP contribution is -2.58. The fourth-order valence-corrected chi connectivity index (χ4v) is 6.49. The SMILES string of the molecule is CC(C)C(CCBr)NC(=O)C12CC3CC(CC(C)(C3)C1)C2. The molecule has 1 amide bonds. The first kappa shape index (κ1) is 15.8. The van der Waals surface area contributed by atoms with Gasteiger partial charge in [-0.05, 0) is 68.1 Å². The van der Waals surface area contributed by atoms with Gasteiger partial charge < -0.3 is 5.32 Å². The molecule has 1 N–H and O–H groups in total. The van der Waals surface area contributed by atoms with E-state index in [-0.39, 0.29) is 5.41 Å². The minimum absolute atomic E-state index is 0.0295. The Morgan fingerprint density at radius 2 is 1.86 bits per heavy atom. The van der Waals surface area contributed by atoms with Gasteiger partial charge in [0.25, 0.3) is 0 Å². The van der Waals surface area contributed by atoms with E-state index in [1.165, 1.54) is 19.3 Å². The predicted octanol–water partition coefficient (Wildman–Crippen LogP) is 4.52. The van der Waals surface area contributed by atoms with Crippen molar-refractivity contribution in [2.75, 3.05) is 5.33 Å². The Kier molecular flexibility index (Phi) is 4.18. The summed E-state index contributed by atoms with van der Waals surface area (Å²) >= 11 is 3.53. The maximum absolute atomic E-state index is 13.1. The fraction of sp³-hybridized carbons (Fsp3) is 0.944. The van der Waals surface area contributed by atoms with E-state index in [4.69, 9.17) is 0 Å². The van der Waals surface area contributed by atoms with Gasteiger partial charge in [-0.25, -0.2) is 0 Å². The lowest BCUT2D eigenvalue weighted by molar-refractivity contribution is -0.156. The van der Waals surface area contributed by atoms with Crippen molar-refractivity contribution in [1.82, 2.24) is 5.32 Å². The number of halogens is 1. The summed E-state index contributed by atoms with van der Waals surface area (Å²) in [6.07, 6.45) is 8.61. The molecule has 3 atom stereocenters. The predicted molar refractivity (Wildman–Crippen MR) is 90.4 cm³/mol. The van der Waals surface area contributed by atoms with Gasteiger partial charge in [0.2, 0.25) is 5.91 Å². The first-order chi connectivity index (χ1) is 9.86. The number of rotatable bonds is 5. The highest BCUT2D eigenvalue weighted by Crippen LogP contribution is 2.65. The molecule has 4 bridgehead atoms. The van der Waals surface area contributed by atoms with E-state index in [0.29, 0.717) is 23.3 Å². The van der Waals surface area contributed by atoms with Crippen LogP contribution >= 0.6 is 15.9 Å². The van der Waals surface area contributed by atoms with E-state index < -0.39 is 0 Å². The third kappa shape index (κ3) is 2.92. The minimum Gasteiger partial charge on any atom is -0.353 e. The van der Waals surface area contributed by atoms with Gasteiger partial charge in [0.05, 0.1) is 5.41 Å². The van der Waals surface area contributed by atoms with Crippen LogP contribution in [0.5, 0.6) is 0 Å². The Hall–Kier alpha value is -0.0500. The van der Waals surface area contributed by atoms with E-state index in [1.54, 1.807) is 0 Å². The third-order valence-electron chi connectivity index (χ3n) is 6.38. The summed E-state index contributed by atoms with van der Waals surface area (Å²) in [7, 11) is 0. The molecule has 3 heteroatoms. The van der Waals surface area contributed by atoms with E-state index in [0.717, 1.165) is 42.8 Å². The van der Waals surface area contributed by atoms with Crippen LogP contribution < -0.4 is 5.32 Å². The number of alkyl halides is 1. The van der Waals surface area contributed by atoms with Crippen LogP contribution in [0.1, 0.15) is 65.7 Å². The molecular formula is C18H30BrNO. The molecule has 0 saturated heterocycles. The smallest absolute Gasteiger partial charge is 0.226 e. The van der Waals surface area contributed by atoms with E-state index >= 15 is 0 Å². The molecule has 21 heavy (non-hydrogen) atoms. The number of carbonyl (C=O) groups is 1. The van der Waals surface area contributed by atoms with Crippen molar-refractivity contribution in [3.05, 3.63) is 0 Å². The van der Waals surface area contributed by atoms with Crippen LogP contribution in [0.3, 0.4) is 0 Å². The molecule has 0 heterocycles. The van der Waals surface area contributed by atoms with E-state index in [1.807, 2.05) is 0 Å². The molecule has 3 unspecified atom stereocenters. The highest BCUT2D eigenvalue weighted by atomic mass is 79.9. The third-order valence-corrected chi connectivity index (χ3v) is 6.83. The molecule has 0 spiro atoms. The molecule has 0 radical (unpaired) electrons. The van der Waals surface area contributed by atoms with Crippen molar-refractivity contribution in [2.24, 2.45) is 28.6 Å². The molecule has 0 aliphatic heterocycles. The van der Waals surface area contributed by atoms with Crippen molar-refractivity contribution in [3.8, 4) is 0 Å². The monoisotopic (exact) mass is 355 g/mol. The highest BCUT2D eigenvalue weighted by molar-refractivity contribution is 9.09.